The van der Waals surface area contributed by atoms with Gasteiger partial charge in [-0.05, 0) is 85.1 Å². The zero-order valence-electron chi connectivity index (χ0n) is 32.9. The number of carbonyl (C=O) groups excluding carboxylic acids is 1. The smallest absolute Gasteiger partial charge is 0.273 e. The van der Waals surface area contributed by atoms with Crippen LogP contribution >= 0.6 is 0 Å². The Hall–Kier alpha value is -5.24. The lowest BCUT2D eigenvalue weighted by Gasteiger charge is -2.59. The second-order valence-electron chi connectivity index (χ2n) is 14.8. The van der Waals surface area contributed by atoms with Crippen molar-refractivity contribution in [2.75, 3.05) is 41.1 Å². The summed E-state index contributed by atoms with van der Waals surface area (Å²) in [5.41, 5.74) is 3.19. The predicted molar refractivity (Wildman–Crippen MR) is 215 cm³/mol. The topological polar surface area (TPSA) is 162 Å². The molecule has 1 aliphatic heterocycles. The van der Waals surface area contributed by atoms with E-state index in [2.05, 4.69) is 17.8 Å². The van der Waals surface area contributed by atoms with Crippen LogP contribution in [-0.2, 0) is 20.8 Å². The monoisotopic (exact) mass is 783 g/mol. The van der Waals surface area contributed by atoms with Crippen LogP contribution in [0.1, 0.15) is 62.0 Å². The van der Waals surface area contributed by atoms with Gasteiger partial charge in [0.15, 0.2) is 0 Å². The summed E-state index contributed by atoms with van der Waals surface area (Å²) in [6.07, 6.45) is 8.78. The Kier molecular flexibility index (Phi) is 13.7. The fourth-order valence-corrected chi connectivity index (χ4v) is 8.95. The summed E-state index contributed by atoms with van der Waals surface area (Å²) in [4.78, 5) is 32.7. The van der Waals surface area contributed by atoms with Gasteiger partial charge in [0, 0.05) is 44.2 Å². The highest BCUT2D eigenvalue weighted by Crippen LogP contribution is 2.62. The molecule has 0 spiro atoms. The van der Waals surface area contributed by atoms with Crippen LogP contribution in [0.25, 0.3) is 0 Å². The molecule has 1 heterocycles. The largest absolute Gasteiger partial charge is 0.497 e. The number of nitro groups is 1. The maximum absolute atomic E-state index is 14.3. The standard InChI is InChI=1S/C44H53N3O10/c1-5-22-55-44-40(46(2)41(50)24-29-12-10-15-32(23-29)53-3)28-38(45-54-4)36-25-30(13-6-8-20-48)35(17-7-9-21-49)42(43(36)44)37-27-34(18-19-39(37)57-44)56-33-16-11-14-31(26-33)47(51)52/h5,10-12,14-16,18-19,23,25-27,30,35,40,42-43,48-49H,1,6-9,13,17,20-22,24,28H2,2-4H3. The number of aliphatic hydroxyl groups excluding tert-OH is 2. The third-order valence-corrected chi connectivity index (χ3v) is 11.5. The number of amides is 1. The highest BCUT2D eigenvalue weighted by Gasteiger charge is 2.65. The number of nitro benzene ring substituents is 1. The van der Waals surface area contributed by atoms with Crippen LogP contribution in [0.4, 0.5) is 5.69 Å². The van der Waals surface area contributed by atoms with Crippen LogP contribution in [0.2, 0.25) is 0 Å². The second kappa shape index (κ2) is 18.8. The Morgan fingerprint density at radius 3 is 2.47 bits per heavy atom. The van der Waals surface area contributed by atoms with Gasteiger partial charge in [-0.15, -0.1) is 6.58 Å². The average molecular weight is 784 g/mol. The number of benzene rings is 3. The molecule has 57 heavy (non-hydrogen) atoms. The van der Waals surface area contributed by atoms with Crippen LogP contribution in [-0.4, -0.2) is 84.6 Å². The average Bonchev–Trinajstić information content (AvgIpc) is 3.21. The van der Waals surface area contributed by atoms with Gasteiger partial charge < -0.3 is 38.9 Å². The molecule has 6 unspecified atom stereocenters. The molecule has 3 aliphatic rings. The van der Waals surface area contributed by atoms with Crippen LogP contribution < -0.4 is 14.2 Å². The van der Waals surface area contributed by atoms with E-state index in [9.17, 15) is 25.1 Å². The van der Waals surface area contributed by atoms with E-state index in [4.69, 9.17) is 23.8 Å². The van der Waals surface area contributed by atoms with Crippen molar-refractivity contribution in [2.24, 2.45) is 22.9 Å². The molecule has 0 bridgehead atoms. The number of non-ortho nitro benzene ring substituents is 1. The van der Waals surface area contributed by atoms with Crippen molar-refractivity contribution in [3.8, 4) is 23.0 Å². The van der Waals surface area contributed by atoms with Crippen molar-refractivity contribution < 1.29 is 43.7 Å². The van der Waals surface area contributed by atoms with E-state index in [0.717, 1.165) is 42.4 Å². The highest BCUT2D eigenvalue weighted by atomic mass is 16.7. The molecule has 0 saturated heterocycles. The number of unbranched alkanes of at least 4 members (excludes halogenated alkanes) is 2. The number of fused-ring (bicyclic) bond motifs is 2. The zero-order valence-corrected chi connectivity index (χ0v) is 32.9. The number of hydrogen-bond acceptors (Lipinski definition) is 11. The number of carbonyl (C=O) groups is 1. The molecule has 6 atom stereocenters. The number of nitrogens with zero attached hydrogens (tertiary/aromatic N) is 3. The molecule has 1 fully saturated rings. The summed E-state index contributed by atoms with van der Waals surface area (Å²) >= 11 is 0. The van der Waals surface area contributed by atoms with E-state index < -0.39 is 22.7 Å². The SMILES string of the molecule is C=CCOC12Oc3ccc(Oc4cccc([N+](=O)[O-])c4)cc3C3C(CCCCO)C(CCCCO)C=C(C(=NOC)CC1N(C)C(=O)Cc1cccc(OC)c1)C32. The minimum atomic E-state index is -1.39. The number of oxime groups is 1. The van der Waals surface area contributed by atoms with Gasteiger partial charge in [0.05, 0.1) is 42.8 Å². The molecule has 1 amide bonds. The first-order valence-electron chi connectivity index (χ1n) is 19.6. The van der Waals surface area contributed by atoms with Crippen LogP contribution in [0.15, 0.2) is 96.2 Å². The van der Waals surface area contributed by atoms with Gasteiger partial charge in [0.2, 0.25) is 11.7 Å². The minimum Gasteiger partial charge on any atom is -0.497 e. The fourth-order valence-electron chi connectivity index (χ4n) is 8.95. The fraction of sp³-hybridized carbons (Fsp3) is 0.455. The van der Waals surface area contributed by atoms with Gasteiger partial charge in [0.25, 0.3) is 5.69 Å². The second-order valence-corrected chi connectivity index (χ2v) is 14.8. The maximum atomic E-state index is 14.3. The van der Waals surface area contributed by atoms with Gasteiger partial charge in [-0.2, -0.15) is 0 Å². The molecule has 13 nitrogen and oxygen atoms in total. The number of hydrogen-bond donors (Lipinski definition) is 2. The first kappa shape index (κ1) is 41.4. The molecule has 3 aromatic carbocycles. The Balaban J connectivity index is 1.52. The highest BCUT2D eigenvalue weighted by molar-refractivity contribution is 6.03. The van der Waals surface area contributed by atoms with Crippen molar-refractivity contribution in [1.82, 2.24) is 4.90 Å². The van der Waals surface area contributed by atoms with Crippen LogP contribution in [0.3, 0.4) is 0 Å². The third kappa shape index (κ3) is 8.85. The van der Waals surface area contributed by atoms with E-state index in [1.54, 1.807) is 43.3 Å². The predicted octanol–water partition coefficient (Wildman–Crippen LogP) is 7.36. The van der Waals surface area contributed by atoms with Crippen LogP contribution in [0.5, 0.6) is 23.0 Å². The lowest BCUT2D eigenvalue weighted by molar-refractivity contribution is -0.384. The van der Waals surface area contributed by atoms with Gasteiger partial charge >= 0.3 is 0 Å². The summed E-state index contributed by atoms with van der Waals surface area (Å²) < 4.78 is 25.8. The van der Waals surface area contributed by atoms with E-state index in [1.807, 2.05) is 36.4 Å². The Bertz CT molecular complexity index is 1970. The van der Waals surface area contributed by atoms with E-state index in [0.29, 0.717) is 41.6 Å². The molecule has 0 aromatic heterocycles. The third-order valence-electron chi connectivity index (χ3n) is 11.5. The summed E-state index contributed by atoms with van der Waals surface area (Å²) in [6, 6.07) is 18.4. The van der Waals surface area contributed by atoms with Gasteiger partial charge in [-0.25, -0.2) is 0 Å². The summed E-state index contributed by atoms with van der Waals surface area (Å²) in [6.45, 7) is 4.27. The van der Waals surface area contributed by atoms with Crippen molar-refractivity contribution in [1.29, 1.82) is 0 Å². The number of allylic oxidation sites excluding steroid dienone is 1. The Morgan fingerprint density at radius 2 is 1.75 bits per heavy atom. The number of methoxy groups -OCH3 is 1. The number of aliphatic hydroxyl groups is 2. The van der Waals surface area contributed by atoms with E-state index in [1.165, 1.54) is 19.2 Å². The number of likely N-dealkylation sites (N-methyl/N-ethyl adjacent to an activating group) is 1. The van der Waals surface area contributed by atoms with Crippen molar-refractivity contribution >= 4 is 17.3 Å². The van der Waals surface area contributed by atoms with Gasteiger partial charge in [-0.3, -0.25) is 14.9 Å². The van der Waals surface area contributed by atoms with E-state index >= 15 is 0 Å². The molecular formula is C44H53N3O10. The molecule has 0 radical (unpaired) electrons. The number of ether oxygens (including phenoxy) is 4. The molecular weight excluding hydrogens is 730 g/mol. The molecule has 13 heteroatoms. The maximum Gasteiger partial charge on any atom is 0.273 e. The van der Waals surface area contributed by atoms with E-state index in [-0.39, 0.29) is 62.0 Å². The normalized spacial score (nSPS) is 24.0. The first-order chi connectivity index (χ1) is 27.7. The summed E-state index contributed by atoms with van der Waals surface area (Å²) in [5, 5.41) is 35.8. The first-order valence-corrected chi connectivity index (χ1v) is 19.6. The van der Waals surface area contributed by atoms with Crippen molar-refractivity contribution in [3.63, 3.8) is 0 Å². The molecule has 1 saturated carbocycles. The van der Waals surface area contributed by atoms with Gasteiger partial charge in [-0.1, -0.05) is 48.3 Å². The lowest BCUT2D eigenvalue weighted by atomic mass is 9.55. The van der Waals surface area contributed by atoms with Gasteiger partial charge in [0.1, 0.15) is 36.1 Å². The molecule has 2 aliphatic carbocycles. The number of rotatable bonds is 19. The molecule has 304 valence electrons. The quantitative estimate of drug-likeness (QED) is 0.0544. The minimum absolute atomic E-state index is 0.0201. The molecule has 3 aromatic rings. The Labute approximate surface area is 333 Å². The zero-order chi connectivity index (χ0) is 40.5. The lowest BCUT2D eigenvalue weighted by Crippen LogP contribution is -2.69. The van der Waals surface area contributed by atoms with Crippen molar-refractivity contribution in [2.45, 2.75) is 69.1 Å². The van der Waals surface area contributed by atoms with Crippen molar-refractivity contribution in [3.05, 3.63) is 112 Å². The molecule has 2 N–H and O–H groups in total. The summed E-state index contributed by atoms with van der Waals surface area (Å²) in [5.74, 6) is -0.180. The Morgan fingerprint density at radius 1 is 1.02 bits per heavy atom. The summed E-state index contributed by atoms with van der Waals surface area (Å²) in [7, 11) is 4.87. The van der Waals surface area contributed by atoms with Crippen LogP contribution in [0, 0.1) is 27.9 Å². The molecule has 6 rings (SSSR count).